The molecule has 1 aromatic carbocycles. The van der Waals surface area contributed by atoms with Crippen LogP contribution in [-0.4, -0.2) is 35.8 Å². The van der Waals surface area contributed by atoms with Gasteiger partial charge < -0.3 is 0 Å². The van der Waals surface area contributed by atoms with E-state index in [1.807, 2.05) is 0 Å². The van der Waals surface area contributed by atoms with Crippen LogP contribution in [0.3, 0.4) is 0 Å². The molecule has 0 fully saturated rings. The molecule has 4 aromatic rings. The fraction of sp³-hybridized carbons (Fsp3) is 0.250. The Balaban J connectivity index is 2.12. The van der Waals surface area contributed by atoms with Crippen molar-refractivity contribution in [3.63, 3.8) is 0 Å². The largest absolute Gasteiger partial charge is 0.461 e. The maximum atomic E-state index is 13.9. The van der Waals surface area contributed by atoms with Gasteiger partial charge in [-0.05, 0) is 19.9 Å². The van der Waals surface area contributed by atoms with E-state index >= 15 is 0 Å². The van der Waals surface area contributed by atoms with Crippen molar-refractivity contribution in [1.82, 2.24) is 29.6 Å². The number of benzene rings is 1. The van der Waals surface area contributed by atoms with Gasteiger partial charge in [-0.25, -0.2) is 4.68 Å². The molecule has 4 rings (SSSR count). The van der Waals surface area contributed by atoms with Crippen LogP contribution in [0.1, 0.15) is 17.2 Å². The molecule has 11 heteroatoms. The molecule has 6 nitrogen and oxygen atoms in total. The Morgan fingerprint density at radius 1 is 0.889 bits per heavy atom. The third-order valence-electron chi connectivity index (χ3n) is 4.09. The molecule has 0 saturated heterocycles. The minimum absolute atomic E-state index is 0.0997. The summed E-state index contributed by atoms with van der Waals surface area (Å²) < 4.78 is 68.2. The molecular weight excluding hydrogens is 371 g/mol. The van der Waals surface area contributed by atoms with Gasteiger partial charge >= 0.3 is 12.1 Å². The normalized spacial score (nSPS) is 13.0. The van der Waals surface area contributed by atoms with Crippen molar-refractivity contribution >= 4 is 16.4 Å². The van der Waals surface area contributed by atoms with Crippen molar-refractivity contribution in [2.24, 2.45) is 0 Å². The summed E-state index contributed by atoms with van der Waals surface area (Å²) >= 11 is 0. The number of nitrogens with zero attached hydrogens (tertiary/aromatic N) is 6. The van der Waals surface area contributed by atoms with E-state index in [9.17, 15) is 22.0 Å². The molecule has 0 spiro atoms. The third kappa shape index (κ3) is 2.45. The van der Waals surface area contributed by atoms with Crippen molar-refractivity contribution < 1.29 is 22.0 Å². The zero-order valence-corrected chi connectivity index (χ0v) is 14.0. The predicted octanol–water partition coefficient (Wildman–Crippen LogP) is 3.73. The maximum absolute atomic E-state index is 13.9. The molecule has 0 aliphatic heterocycles. The fourth-order valence-electron chi connectivity index (χ4n) is 2.89. The fourth-order valence-corrected chi connectivity index (χ4v) is 2.89. The van der Waals surface area contributed by atoms with E-state index in [1.54, 1.807) is 44.2 Å². The molecule has 0 radical (unpaired) electrons. The van der Waals surface area contributed by atoms with Gasteiger partial charge in [0.2, 0.25) is 5.82 Å². The zero-order valence-electron chi connectivity index (χ0n) is 14.0. The number of aromatic nitrogens is 6. The third-order valence-corrected chi connectivity index (χ3v) is 4.09. The molecule has 3 heterocycles. The van der Waals surface area contributed by atoms with Crippen LogP contribution < -0.4 is 0 Å². The summed E-state index contributed by atoms with van der Waals surface area (Å²) in [6.07, 6.45) is -5.83. The molecule has 27 heavy (non-hydrogen) atoms. The predicted molar refractivity (Wildman–Crippen MR) is 84.8 cm³/mol. The van der Waals surface area contributed by atoms with E-state index < -0.39 is 17.9 Å². The first-order valence-corrected chi connectivity index (χ1v) is 7.74. The van der Waals surface area contributed by atoms with Crippen LogP contribution in [0.4, 0.5) is 22.0 Å². The van der Waals surface area contributed by atoms with Gasteiger partial charge in [0.15, 0.2) is 11.5 Å². The van der Waals surface area contributed by atoms with Crippen molar-refractivity contribution in [3.8, 4) is 5.82 Å². The van der Waals surface area contributed by atoms with Crippen molar-refractivity contribution in [1.29, 1.82) is 0 Å². The lowest BCUT2D eigenvalue weighted by Crippen LogP contribution is -2.36. The average molecular weight is 382 g/mol. The lowest BCUT2D eigenvalue weighted by molar-refractivity contribution is -0.293. The van der Waals surface area contributed by atoms with E-state index in [0.717, 1.165) is 0 Å². The molecule has 140 valence electrons. The van der Waals surface area contributed by atoms with Crippen molar-refractivity contribution in [3.05, 3.63) is 47.5 Å². The standard InChI is InChI=1S/C16H11F5N6/c1-8-7-9(2)26(24-8)13-11-6-4-3-5-10(11)12-22-23-14(27(12)25-13)15(17,18)16(19,20)21/h3-7H,1-2H3. The minimum Gasteiger partial charge on any atom is -0.217 e. The topological polar surface area (TPSA) is 60.9 Å². The maximum Gasteiger partial charge on any atom is 0.461 e. The number of hydrogen-bond acceptors (Lipinski definition) is 4. The highest BCUT2D eigenvalue weighted by Crippen LogP contribution is 2.43. The van der Waals surface area contributed by atoms with Gasteiger partial charge in [-0.2, -0.15) is 31.6 Å². The van der Waals surface area contributed by atoms with E-state index in [2.05, 4.69) is 20.4 Å². The lowest BCUT2D eigenvalue weighted by Gasteiger charge is -2.17. The number of halogens is 5. The molecule has 0 aliphatic rings. The smallest absolute Gasteiger partial charge is 0.217 e. The van der Waals surface area contributed by atoms with Crippen LogP contribution in [0.5, 0.6) is 0 Å². The molecule has 0 amide bonds. The van der Waals surface area contributed by atoms with Crippen LogP contribution in [0.2, 0.25) is 0 Å². The Kier molecular flexibility index (Phi) is 3.49. The first kappa shape index (κ1) is 17.3. The molecular formula is C16H11F5N6. The van der Waals surface area contributed by atoms with Crippen molar-refractivity contribution in [2.45, 2.75) is 25.9 Å². The van der Waals surface area contributed by atoms with Crippen LogP contribution in [0, 0.1) is 13.8 Å². The number of fused-ring (bicyclic) bond motifs is 3. The number of rotatable bonds is 2. The zero-order chi connectivity index (χ0) is 19.6. The number of aryl methyl sites for hydroxylation is 2. The highest BCUT2D eigenvalue weighted by Gasteiger charge is 2.62. The van der Waals surface area contributed by atoms with Crippen molar-refractivity contribution in [2.75, 3.05) is 0 Å². The van der Waals surface area contributed by atoms with Gasteiger partial charge in [0.05, 0.1) is 5.69 Å². The van der Waals surface area contributed by atoms with Gasteiger partial charge in [-0.15, -0.1) is 15.3 Å². The van der Waals surface area contributed by atoms with E-state index in [0.29, 0.717) is 26.7 Å². The summed E-state index contributed by atoms with van der Waals surface area (Å²) in [6.45, 7) is 3.45. The van der Waals surface area contributed by atoms with Gasteiger partial charge in [0.1, 0.15) is 0 Å². The number of alkyl halides is 5. The Morgan fingerprint density at radius 3 is 2.15 bits per heavy atom. The van der Waals surface area contributed by atoms with Crippen LogP contribution in [0.25, 0.3) is 22.2 Å². The van der Waals surface area contributed by atoms with Gasteiger partial charge in [0, 0.05) is 16.5 Å². The first-order valence-electron chi connectivity index (χ1n) is 7.74. The van der Waals surface area contributed by atoms with Gasteiger partial charge in [-0.1, -0.05) is 24.3 Å². The molecule has 0 atom stereocenters. The highest BCUT2D eigenvalue weighted by atomic mass is 19.4. The molecule has 0 aliphatic carbocycles. The first-order chi connectivity index (χ1) is 12.6. The Hall–Kier alpha value is -3.11. The summed E-state index contributed by atoms with van der Waals surface area (Å²) in [5.74, 6) is -6.71. The Morgan fingerprint density at radius 2 is 1.56 bits per heavy atom. The lowest BCUT2D eigenvalue weighted by atomic mass is 10.2. The number of hydrogen-bond donors (Lipinski definition) is 0. The Labute approximate surface area is 148 Å². The highest BCUT2D eigenvalue weighted by molar-refractivity contribution is 5.97. The summed E-state index contributed by atoms with van der Waals surface area (Å²) in [5.41, 5.74) is 1.08. The second-order valence-corrected chi connectivity index (χ2v) is 6.04. The summed E-state index contributed by atoms with van der Waals surface area (Å²) in [4.78, 5) is 0. The monoisotopic (exact) mass is 382 g/mol. The molecule has 0 saturated carbocycles. The van der Waals surface area contributed by atoms with E-state index in [4.69, 9.17) is 0 Å². The van der Waals surface area contributed by atoms with Gasteiger partial charge in [0.25, 0.3) is 0 Å². The molecule has 0 unspecified atom stereocenters. The van der Waals surface area contributed by atoms with Gasteiger partial charge in [-0.3, -0.25) is 0 Å². The quantitative estimate of drug-likeness (QED) is 0.496. The van der Waals surface area contributed by atoms with E-state index in [-0.39, 0.29) is 11.5 Å². The average Bonchev–Trinajstić information content (AvgIpc) is 3.16. The second kappa shape index (κ2) is 5.44. The van der Waals surface area contributed by atoms with Crippen LogP contribution in [-0.2, 0) is 5.92 Å². The molecule has 0 N–H and O–H groups in total. The van der Waals surface area contributed by atoms with Crippen LogP contribution in [0.15, 0.2) is 30.3 Å². The van der Waals surface area contributed by atoms with Crippen LogP contribution >= 0.6 is 0 Å². The second-order valence-electron chi connectivity index (χ2n) is 6.04. The molecule has 0 bridgehead atoms. The minimum atomic E-state index is -5.83. The SMILES string of the molecule is Cc1cc(C)n(-c2nn3c(C(F)(F)C(F)(F)F)nnc3c3ccccc23)n1. The Bertz CT molecular complexity index is 1170. The molecule has 3 aromatic heterocycles. The summed E-state index contributed by atoms with van der Waals surface area (Å²) in [6, 6.07) is 8.25. The summed E-state index contributed by atoms with van der Waals surface area (Å²) in [7, 11) is 0. The summed E-state index contributed by atoms with van der Waals surface area (Å²) in [5, 5.41) is 15.7. The van der Waals surface area contributed by atoms with E-state index in [1.165, 1.54) is 4.68 Å².